The highest BCUT2D eigenvalue weighted by atomic mass is 79.9. The molecule has 2 heterocycles. The Morgan fingerprint density at radius 1 is 1.58 bits per heavy atom. The number of rotatable bonds is 0. The molecule has 5 heteroatoms. The largest absolute Gasteiger partial charge is 0.276 e. The number of pyridine rings is 1. The third kappa shape index (κ3) is 1.24. The molecule has 0 aromatic carbocycles. The van der Waals surface area contributed by atoms with E-state index in [1.807, 2.05) is 6.07 Å². The van der Waals surface area contributed by atoms with Crippen LogP contribution in [0.3, 0.4) is 0 Å². The molecule has 0 unspecified atom stereocenters. The lowest BCUT2D eigenvalue weighted by Crippen LogP contribution is -1.80. The third-order valence-corrected chi connectivity index (χ3v) is 2.58. The molecular weight excluding hydrogens is 260 g/mol. The van der Waals surface area contributed by atoms with Gasteiger partial charge < -0.3 is 0 Å². The molecule has 0 radical (unpaired) electrons. The van der Waals surface area contributed by atoms with Gasteiger partial charge in [0.05, 0.1) is 5.02 Å². The van der Waals surface area contributed by atoms with Gasteiger partial charge in [-0.2, -0.15) is 0 Å². The van der Waals surface area contributed by atoms with Gasteiger partial charge in [-0.3, -0.25) is 3.97 Å². The van der Waals surface area contributed by atoms with Crippen LogP contribution < -0.4 is 0 Å². The highest BCUT2D eigenvalue weighted by molar-refractivity contribution is 9.10. The number of halogens is 2. The molecule has 0 aliphatic rings. The van der Waals surface area contributed by atoms with E-state index in [0.29, 0.717) is 5.02 Å². The van der Waals surface area contributed by atoms with E-state index in [9.17, 15) is 0 Å². The van der Waals surface area contributed by atoms with E-state index in [2.05, 4.69) is 33.7 Å². The van der Waals surface area contributed by atoms with Crippen LogP contribution in [-0.4, -0.2) is 8.96 Å². The maximum Gasteiger partial charge on any atom is 0.151 e. The molecule has 2 nitrogen and oxygen atoms in total. The Morgan fingerprint density at radius 3 is 3.08 bits per heavy atom. The molecule has 0 amide bonds. The molecule has 0 saturated carbocycles. The molecule has 2 rings (SSSR count). The van der Waals surface area contributed by atoms with Gasteiger partial charge in [-0.25, -0.2) is 4.98 Å². The molecule has 0 fully saturated rings. The Hall–Kier alpha value is -0.190. The van der Waals surface area contributed by atoms with Gasteiger partial charge in [0.2, 0.25) is 0 Å². The van der Waals surface area contributed by atoms with Crippen molar-refractivity contribution in [1.82, 2.24) is 8.96 Å². The molecule has 0 aliphatic carbocycles. The average Bonchev–Trinajstić information content (AvgIpc) is 2.28. The van der Waals surface area contributed by atoms with E-state index in [1.54, 1.807) is 16.4 Å². The lowest BCUT2D eigenvalue weighted by molar-refractivity contribution is 1.26. The van der Waals surface area contributed by atoms with Gasteiger partial charge in [-0.15, -0.1) is 0 Å². The SMILES string of the molecule is Sn1cc(Cl)c2cc(Br)cnc21. The summed E-state index contributed by atoms with van der Waals surface area (Å²) in [6, 6.07) is 1.91. The fraction of sp³-hybridized carbons (Fsp3) is 0. The van der Waals surface area contributed by atoms with Gasteiger partial charge in [0.15, 0.2) is 5.65 Å². The van der Waals surface area contributed by atoms with Crippen molar-refractivity contribution in [3.05, 3.63) is 28.0 Å². The predicted octanol–water partition coefficient (Wildman–Crippen LogP) is 3.15. The second-order valence-corrected chi connectivity index (χ2v) is 4.10. The zero-order valence-electron chi connectivity index (χ0n) is 5.83. The summed E-state index contributed by atoms with van der Waals surface area (Å²) in [6.45, 7) is 0. The minimum absolute atomic E-state index is 0.661. The summed E-state index contributed by atoms with van der Waals surface area (Å²) in [4.78, 5) is 4.16. The van der Waals surface area contributed by atoms with Crippen LogP contribution in [0.5, 0.6) is 0 Å². The van der Waals surface area contributed by atoms with Gasteiger partial charge in [-0.1, -0.05) is 24.4 Å². The van der Waals surface area contributed by atoms with Crippen molar-refractivity contribution in [3.63, 3.8) is 0 Å². The Kier molecular flexibility index (Phi) is 2.06. The molecule has 0 saturated heterocycles. The Labute approximate surface area is 88.2 Å². The van der Waals surface area contributed by atoms with E-state index < -0.39 is 0 Å². The summed E-state index contributed by atoms with van der Waals surface area (Å²) in [5, 5.41) is 1.56. The summed E-state index contributed by atoms with van der Waals surface area (Å²) in [5.74, 6) is 0. The van der Waals surface area contributed by atoms with Gasteiger partial charge in [0.1, 0.15) is 0 Å². The molecule has 0 atom stereocenters. The minimum Gasteiger partial charge on any atom is -0.276 e. The first-order valence-electron chi connectivity index (χ1n) is 3.20. The fourth-order valence-corrected chi connectivity index (χ4v) is 1.94. The zero-order chi connectivity index (χ0) is 8.72. The zero-order valence-corrected chi connectivity index (χ0v) is 9.07. The molecule has 0 spiro atoms. The molecule has 62 valence electrons. The minimum atomic E-state index is 0.661. The standard InChI is InChI=1S/C7H4BrClN2S/c8-4-1-5-6(9)3-11(12)7(5)10-2-4/h1-3,12H. The van der Waals surface area contributed by atoms with Crippen LogP contribution in [0, 0.1) is 0 Å². The topological polar surface area (TPSA) is 17.8 Å². The second-order valence-electron chi connectivity index (χ2n) is 2.35. The summed E-state index contributed by atoms with van der Waals surface area (Å²) in [6.07, 6.45) is 3.43. The van der Waals surface area contributed by atoms with Crippen molar-refractivity contribution in [3.8, 4) is 0 Å². The van der Waals surface area contributed by atoms with Crippen LogP contribution in [0.1, 0.15) is 0 Å². The van der Waals surface area contributed by atoms with E-state index in [1.165, 1.54) is 0 Å². The quantitative estimate of drug-likeness (QED) is 0.723. The Morgan fingerprint density at radius 2 is 2.33 bits per heavy atom. The van der Waals surface area contributed by atoms with E-state index in [0.717, 1.165) is 15.5 Å². The van der Waals surface area contributed by atoms with Gasteiger partial charge >= 0.3 is 0 Å². The molecule has 12 heavy (non-hydrogen) atoms. The van der Waals surface area contributed by atoms with Crippen LogP contribution in [0.2, 0.25) is 5.02 Å². The Bertz CT molecular complexity index is 440. The average molecular weight is 264 g/mol. The van der Waals surface area contributed by atoms with Crippen molar-refractivity contribution >= 4 is 51.4 Å². The summed E-state index contributed by atoms with van der Waals surface area (Å²) >= 11 is 13.4. The van der Waals surface area contributed by atoms with Crippen molar-refractivity contribution in [1.29, 1.82) is 0 Å². The van der Waals surface area contributed by atoms with Gasteiger partial charge in [-0.05, 0) is 22.0 Å². The molecule has 2 aromatic heterocycles. The van der Waals surface area contributed by atoms with E-state index in [-0.39, 0.29) is 0 Å². The first kappa shape index (κ1) is 8.41. The maximum atomic E-state index is 5.92. The number of hydrogen-bond acceptors (Lipinski definition) is 2. The number of fused-ring (bicyclic) bond motifs is 1. The second kappa shape index (κ2) is 2.94. The van der Waals surface area contributed by atoms with E-state index in [4.69, 9.17) is 11.6 Å². The number of aromatic nitrogens is 2. The first-order valence-corrected chi connectivity index (χ1v) is 4.77. The number of hydrogen-bond donors (Lipinski definition) is 1. The number of nitrogens with zero attached hydrogens (tertiary/aromatic N) is 2. The highest BCUT2D eigenvalue weighted by Crippen LogP contribution is 2.26. The van der Waals surface area contributed by atoms with Gasteiger partial charge in [0, 0.05) is 22.3 Å². The lowest BCUT2D eigenvalue weighted by atomic mass is 10.3. The molecule has 0 bridgehead atoms. The van der Waals surface area contributed by atoms with Crippen LogP contribution in [0.4, 0.5) is 0 Å². The molecular formula is C7H4BrClN2S. The number of thiol groups is 1. The highest BCUT2D eigenvalue weighted by Gasteiger charge is 2.05. The van der Waals surface area contributed by atoms with Crippen LogP contribution in [0.25, 0.3) is 11.0 Å². The summed E-state index contributed by atoms with van der Waals surface area (Å²) in [5.41, 5.74) is 0.770. The fourth-order valence-electron chi connectivity index (χ4n) is 1.03. The monoisotopic (exact) mass is 262 g/mol. The van der Waals surface area contributed by atoms with Crippen molar-refractivity contribution < 1.29 is 0 Å². The van der Waals surface area contributed by atoms with Gasteiger partial charge in [0.25, 0.3) is 0 Å². The van der Waals surface area contributed by atoms with Crippen LogP contribution in [0.15, 0.2) is 22.9 Å². The predicted molar refractivity (Wildman–Crippen MR) is 56.8 cm³/mol. The van der Waals surface area contributed by atoms with Crippen molar-refractivity contribution in [2.75, 3.05) is 0 Å². The normalized spacial score (nSPS) is 10.9. The smallest absolute Gasteiger partial charge is 0.151 e. The van der Waals surface area contributed by atoms with Crippen molar-refractivity contribution in [2.24, 2.45) is 0 Å². The molecule has 0 aliphatic heterocycles. The molecule has 0 N–H and O–H groups in total. The lowest BCUT2D eigenvalue weighted by Gasteiger charge is -1.93. The third-order valence-electron chi connectivity index (χ3n) is 1.54. The van der Waals surface area contributed by atoms with Crippen LogP contribution >= 0.6 is 40.3 Å². The summed E-state index contributed by atoms with van der Waals surface area (Å²) < 4.78 is 2.51. The first-order chi connectivity index (χ1) is 5.68. The maximum absolute atomic E-state index is 5.92. The Balaban J connectivity index is 2.90. The summed E-state index contributed by atoms with van der Waals surface area (Å²) in [7, 11) is 0. The van der Waals surface area contributed by atoms with E-state index >= 15 is 0 Å². The van der Waals surface area contributed by atoms with Crippen molar-refractivity contribution in [2.45, 2.75) is 0 Å². The molecule has 2 aromatic rings. The van der Waals surface area contributed by atoms with Crippen LogP contribution in [-0.2, 0) is 0 Å².